The second kappa shape index (κ2) is 3.39. The Kier molecular flexibility index (Phi) is 2.48. The van der Waals surface area contributed by atoms with Gasteiger partial charge in [-0.25, -0.2) is 4.98 Å². The Labute approximate surface area is 73.2 Å². The molecule has 0 atom stereocenters. The molecule has 0 bridgehead atoms. The lowest BCUT2D eigenvalue weighted by molar-refractivity contribution is 0.595. The molecule has 0 fully saturated rings. The van der Waals surface area contributed by atoms with Crippen molar-refractivity contribution >= 4 is 12.2 Å². The van der Waals surface area contributed by atoms with E-state index in [2.05, 4.69) is 36.6 Å². The third-order valence-corrected chi connectivity index (χ3v) is 1.80. The molecule has 0 unspecified atom stereocenters. The zero-order chi connectivity index (χ0) is 9.14. The SMILES string of the molecule is C=Cc1ncn(C(C)C)c1C=C. The van der Waals surface area contributed by atoms with Crippen molar-refractivity contribution in [1.82, 2.24) is 9.55 Å². The maximum atomic E-state index is 4.20. The Hall–Kier alpha value is -1.31. The van der Waals surface area contributed by atoms with E-state index < -0.39 is 0 Å². The van der Waals surface area contributed by atoms with Gasteiger partial charge in [-0.2, -0.15) is 0 Å². The molecule has 2 nitrogen and oxygen atoms in total. The third-order valence-electron chi connectivity index (χ3n) is 1.80. The highest BCUT2D eigenvalue weighted by atomic mass is 15.1. The van der Waals surface area contributed by atoms with Gasteiger partial charge in [-0.15, -0.1) is 0 Å². The molecule has 1 rings (SSSR count). The number of aromatic nitrogens is 2. The maximum Gasteiger partial charge on any atom is 0.0960 e. The van der Waals surface area contributed by atoms with Gasteiger partial charge in [0.1, 0.15) is 0 Å². The number of hydrogen-bond acceptors (Lipinski definition) is 1. The van der Waals surface area contributed by atoms with E-state index in [0.29, 0.717) is 6.04 Å². The van der Waals surface area contributed by atoms with E-state index in [0.717, 1.165) is 11.4 Å². The van der Waals surface area contributed by atoms with E-state index in [9.17, 15) is 0 Å². The first-order chi connectivity index (χ1) is 5.70. The fraction of sp³-hybridized carbons (Fsp3) is 0.300. The third kappa shape index (κ3) is 1.33. The van der Waals surface area contributed by atoms with Gasteiger partial charge < -0.3 is 4.57 Å². The summed E-state index contributed by atoms with van der Waals surface area (Å²) in [6.45, 7) is 11.7. The Bertz CT molecular complexity index is 295. The lowest BCUT2D eigenvalue weighted by atomic mass is 10.3. The van der Waals surface area contributed by atoms with Crippen molar-refractivity contribution in [3.63, 3.8) is 0 Å². The van der Waals surface area contributed by atoms with Crippen LogP contribution in [0.1, 0.15) is 31.3 Å². The van der Waals surface area contributed by atoms with Gasteiger partial charge in [0.2, 0.25) is 0 Å². The van der Waals surface area contributed by atoms with Gasteiger partial charge in [-0.05, 0) is 26.0 Å². The predicted octanol–water partition coefficient (Wildman–Crippen LogP) is 2.75. The smallest absolute Gasteiger partial charge is 0.0960 e. The minimum atomic E-state index is 0.416. The number of imidazole rings is 1. The highest BCUT2D eigenvalue weighted by molar-refractivity contribution is 5.57. The lowest BCUT2D eigenvalue weighted by Gasteiger charge is -2.08. The van der Waals surface area contributed by atoms with Crippen molar-refractivity contribution in [3.05, 3.63) is 30.9 Å². The lowest BCUT2D eigenvalue weighted by Crippen LogP contribution is -2.00. The molecule has 0 aromatic carbocycles. The van der Waals surface area contributed by atoms with Gasteiger partial charge in [-0.3, -0.25) is 0 Å². The predicted molar refractivity (Wildman–Crippen MR) is 52.8 cm³/mol. The molecule has 12 heavy (non-hydrogen) atoms. The van der Waals surface area contributed by atoms with Gasteiger partial charge in [0.15, 0.2) is 0 Å². The summed E-state index contributed by atoms with van der Waals surface area (Å²) in [4.78, 5) is 4.20. The van der Waals surface area contributed by atoms with Gasteiger partial charge >= 0.3 is 0 Å². The zero-order valence-corrected chi connectivity index (χ0v) is 7.62. The largest absolute Gasteiger partial charge is 0.328 e. The molecule has 64 valence electrons. The fourth-order valence-electron chi connectivity index (χ4n) is 1.16. The molecule has 1 heterocycles. The molecule has 0 saturated heterocycles. The zero-order valence-electron chi connectivity index (χ0n) is 7.62. The van der Waals surface area contributed by atoms with Gasteiger partial charge in [0.05, 0.1) is 17.7 Å². The highest BCUT2D eigenvalue weighted by Gasteiger charge is 2.06. The fourth-order valence-corrected chi connectivity index (χ4v) is 1.16. The van der Waals surface area contributed by atoms with Crippen molar-refractivity contribution in [2.24, 2.45) is 0 Å². The minimum absolute atomic E-state index is 0.416. The van der Waals surface area contributed by atoms with Crippen LogP contribution in [0.4, 0.5) is 0 Å². The molecular weight excluding hydrogens is 148 g/mol. The molecule has 0 saturated carbocycles. The van der Waals surface area contributed by atoms with Crippen molar-refractivity contribution in [2.45, 2.75) is 19.9 Å². The highest BCUT2D eigenvalue weighted by Crippen LogP contribution is 2.15. The first-order valence-corrected chi connectivity index (χ1v) is 4.02. The van der Waals surface area contributed by atoms with Crippen LogP contribution in [0, 0.1) is 0 Å². The van der Waals surface area contributed by atoms with Crippen LogP contribution < -0.4 is 0 Å². The van der Waals surface area contributed by atoms with Crippen molar-refractivity contribution in [2.75, 3.05) is 0 Å². The summed E-state index contributed by atoms with van der Waals surface area (Å²) in [6.07, 6.45) is 5.37. The molecule has 0 radical (unpaired) electrons. The van der Waals surface area contributed by atoms with Gasteiger partial charge in [-0.1, -0.05) is 13.2 Å². The topological polar surface area (TPSA) is 17.8 Å². The quantitative estimate of drug-likeness (QED) is 0.668. The Balaban J connectivity index is 3.22. The van der Waals surface area contributed by atoms with Crippen LogP contribution in [0.2, 0.25) is 0 Å². The average molecular weight is 162 g/mol. The maximum absolute atomic E-state index is 4.20. The summed E-state index contributed by atoms with van der Waals surface area (Å²) < 4.78 is 2.07. The number of hydrogen-bond donors (Lipinski definition) is 0. The molecule has 0 spiro atoms. The van der Waals surface area contributed by atoms with Crippen LogP contribution in [-0.4, -0.2) is 9.55 Å². The van der Waals surface area contributed by atoms with E-state index in [1.165, 1.54) is 0 Å². The van der Waals surface area contributed by atoms with E-state index >= 15 is 0 Å². The second-order valence-corrected chi connectivity index (χ2v) is 2.92. The summed E-state index contributed by atoms with van der Waals surface area (Å²) >= 11 is 0. The summed E-state index contributed by atoms with van der Waals surface area (Å²) in [7, 11) is 0. The Morgan fingerprint density at radius 3 is 2.50 bits per heavy atom. The van der Waals surface area contributed by atoms with E-state index in [1.807, 2.05) is 12.4 Å². The number of rotatable bonds is 3. The molecule has 0 aliphatic rings. The monoisotopic (exact) mass is 162 g/mol. The van der Waals surface area contributed by atoms with Crippen LogP contribution in [0.15, 0.2) is 19.5 Å². The summed E-state index contributed by atoms with van der Waals surface area (Å²) in [5, 5.41) is 0. The minimum Gasteiger partial charge on any atom is -0.328 e. The van der Waals surface area contributed by atoms with Crippen LogP contribution in [-0.2, 0) is 0 Å². The summed E-state index contributed by atoms with van der Waals surface area (Å²) in [6, 6.07) is 0.416. The normalized spacial score (nSPS) is 10.2. The molecule has 0 N–H and O–H groups in total. The summed E-state index contributed by atoms with van der Waals surface area (Å²) in [5.74, 6) is 0. The van der Waals surface area contributed by atoms with Crippen molar-refractivity contribution < 1.29 is 0 Å². The molecule has 1 aromatic heterocycles. The van der Waals surface area contributed by atoms with Crippen molar-refractivity contribution in [1.29, 1.82) is 0 Å². The van der Waals surface area contributed by atoms with Crippen molar-refractivity contribution in [3.8, 4) is 0 Å². The molecule has 0 amide bonds. The van der Waals surface area contributed by atoms with Crippen LogP contribution in [0.25, 0.3) is 12.2 Å². The molecule has 0 aliphatic heterocycles. The van der Waals surface area contributed by atoms with E-state index in [-0.39, 0.29) is 0 Å². The summed E-state index contributed by atoms with van der Waals surface area (Å²) in [5.41, 5.74) is 1.94. The standard InChI is InChI=1S/C10H14N2/c1-5-9-10(6-2)12(7-11-9)8(3)4/h5-8H,1-2H2,3-4H3. The molecular formula is C10H14N2. The van der Waals surface area contributed by atoms with Crippen LogP contribution in [0.3, 0.4) is 0 Å². The first-order valence-electron chi connectivity index (χ1n) is 4.02. The van der Waals surface area contributed by atoms with Crippen LogP contribution in [0.5, 0.6) is 0 Å². The van der Waals surface area contributed by atoms with Gasteiger partial charge in [0, 0.05) is 6.04 Å². The Morgan fingerprint density at radius 1 is 1.42 bits per heavy atom. The Morgan fingerprint density at radius 2 is 2.08 bits per heavy atom. The molecule has 2 heteroatoms. The average Bonchev–Trinajstić information content (AvgIpc) is 2.46. The first kappa shape index (κ1) is 8.78. The molecule has 0 aliphatic carbocycles. The van der Waals surface area contributed by atoms with E-state index in [1.54, 1.807) is 6.08 Å². The van der Waals surface area contributed by atoms with Gasteiger partial charge in [0.25, 0.3) is 0 Å². The second-order valence-electron chi connectivity index (χ2n) is 2.92. The van der Waals surface area contributed by atoms with E-state index in [4.69, 9.17) is 0 Å². The number of nitrogens with zero attached hydrogens (tertiary/aromatic N) is 2. The molecule has 1 aromatic rings. The van der Waals surface area contributed by atoms with Crippen LogP contribution >= 0.6 is 0 Å².